The summed E-state index contributed by atoms with van der Waals surface area (Å²) in [6.07, 6.45) is 12.1. The highest BCUT2D eigenvalue weighted by atomic mass is 16.2. The Morgan fingerprint density at radius 2 is 0.755 bits per heavy atom. The molecule has 0 saturated heterocycles. The number of benzene rings is 3. The minimum atomic E-state index is -1.46. The molecule has 8 amide bonds. The van der Waals surface area contributed by atoms with Gasteiger partial charge < -0.3 is 98.0 Å². The van der Waals surface area contributed by atoms with E-state index in [-0.39, 0.29) is 101 Å². The number of nitrogens with one attached hydrogen (secondary N) is 10. The van der Waals surface area contributed by atoms with E-state index in [1.54, 1.807) is 18.6 Å². The molecule has 0 aliphatic heterocycles. The third-order valence-electron chi connectivity index (χ3n) is 16.1. The van der Waals surface area contributed by atoms with E-state index in [0.29, 0.717) is 48.9 Å². The lowest BCUT2D eigenvalue weighted by Gasteiger charge is -2.28. The summed E-state index contributed by atoms with van der Waals surface area (Å²) in [5, 5.41) is 22.1. The molecule has 0 saturated carbocycles. The maximum absolute atomic E-state index is 15.2. The summed E-state index contributed by atoms with van der Waals surface area (Å²) >= 11 is 0. The summed E-state index contributed by atoms with van der Waals surface area (Å²) in [6, 6.07) is 12.9. The molecular formula is C65H95N21O8. The molecule has 0 bridgehead atoms. The van der Waals surface area contributed by atoms with E-state index in [4.69, 9.17) is 45.9 Å². The Morgan fingerprint density at radius 3 is 1.16 bits per heavy atom. The van der Waals surface area contributed by atoms with Crippen LogP contribution >= 0.6 is 0 Å². The lowest BCUT2D eigenvalue weighted by atomic mass is 10.0. The average Bonchev–Trinajstić information content (AvgIpc) is 1.67. The van der Waals surface area contributed by atoms with Crippen molar-refractivity contribution in [2.24, 2.45) is 60.8 Å². The normalized spacial score (nSPS) is 13.4. The van der Waals surface area contributed by atoms with Gasteiger partial charge in [0, 0.05) is 103 Å². The van der Waals surface area contributed by atoms with Gasteiger partial charge in [0.1, 0.15) is 36.3 Å². The van der Waals surface area contributed by atoms with E-state index in [9.17, 15) is 24.0 Å². The Hall–Kier alpha value is -10.2. The first-order chi connectivity index (χ1) is 45.2. The van der Waals surface area contributed by atoms with Gasteiger partial charge in [-0.2, -0.15) is 0 Å². The van der Waals surface area contributed by atoms with Crippen LogP contribution in [0.1, 0.15) is 120 Å². The van der Waals surface area contributed by atoms with Gasteiger partial charge in [-0.3, -0.25) is 53.3 Å². The molecule has 6 rings (SSSR count). The van der Waals surface area contributed by atoms with E-state index >= 15 is 14.4 Å². The van der Waals surface area contributed by atoms with Gasteiger partial charge in [0.05, 0.1) is 6.04 Å². The molecule has 29 heteroatoms. The summed E-state index contributed by atoms with van der Waals surface area (Å²) in [7, 11) is 0. The molecule has 0 unspecified atom stereocenters. The van der Waals surface area contributed by atoms with E-state index in [1.807, 2.05) is 72.8 Å². The summed E-state index contributed by atoms with van der Waals surface area (Å²) in [5.41, 5.74) is 50.1. The number of nitrogens with zero attached hydrogens (tertiary/aromatic N) is 3. The van der Waals surface area contributed by atoms with Gasteiger partial charge in [-0.15, -0.1) is 0 Å². The number of para-hydroxylation sites is 3. The zero-order chi connectivity index (χ0) is 67.9. The van der Waals surface area contributed by atoms with Crippen LogP contribution in [-0.2, 0) is 57.6 Å². The number of rotatable bonds is 42. The third kappa shape index (κ3) is 23.8. The number of aromatic amines is 3. The van der Waals surface area contributed by atoms with Crippen molar-refractivity contribution in [2.75, 3.05) is 26.2 Å². The first-order valence-electron chi connectivity index (χ1n) is 32.2. The molecule has 3 heterocycles. The Balaban J connectivity index is 1.28. The van der Waals surface area contributed by atoms with Gasteiger partial charge >= 0.3 is 0 Å². The summed E-state index contributed by atoms with van der Waals surface area (Å²) < 4.78 is 0. The van der Waals surface area contributed by atoms with Crippen molar-refractivity contribution < 1.29 is 38.4 Å². The molecule has 0 radical (unpaired) electrons. The molecule has 0 aliphatic rings. The standard InChI is InChI=1S/C65H95N21O8/c1-2-3-4-5-6-28-55(87)74-29-14-13-25-49(56(67)88)81-60(92)53(34-40-37-79-47-23-11-8-19-43(40)47)85-58(90)51(27-17-32-77-65(72)73)83-62(94)54(35-41-38-80-48-24-12-9-20-44(41)48)86-59(91)50(26-16-31-76-64(70)71)82-61(93)52(33-39-36-78-46-22-10-7-18-42(39)46)84-57(89)45(66)21-15-30-75-63(68)69/h7-12,18-20,22-24,36-38,45,49-54,78-80H,2-6,13-17,21,25-35,66H2,1H3,(H2,67,88)(H,74,87)(H,81,92)(H,82,93)(H,83,94)(H,84,89)(H,85,90)(H,86,91)(H4,68,69,75)(H4,70,71,76)(H4,72,73,77)/t45-,49+,50+,51+,52+,53+,54-/m1/s1. The molecule has 94 heavy (non-hydrogen) atoms. The topological polar surface area (TPSA) is 513 Å². The van der Waals surface area contributed by atoms with Crippen molar-refractivity contribution in [3.05, 3.63) is 108 Å². The van der Waals surface area contributed by atoms with Crippen LogP contribution in [0.15, 0.2) is 106 Å². The second-order valence-corrected chi connectivity index (χ2v) is 23.4. The highest BCUT2D eigenvalue weighted by molar-refractivity contribution is 5.99. The predicted molar refractivity (Wildman–Crippen MR) is 365 cm³/mol. The second-order valence-electron chi connectivity index (χ2n) is 23.4. The SMILES string of the molecule is CCCCCCCC(=O)NCCCC[C@H](NC(=O)[C@H](Cc1c[nH]c2ccccc12)NC(=O)[C@H](CCCN=C(N)N)NC(=O)[C@@H](Cc1c[nH]c2ccccc12)NC(=O)[C@H](CCCN=C(N)N)NC(=O)[C@H](Cc1c[nH]c2ccccc12)NC(=O)[C@H](N)CCCN=C(N)N)C(N)=O. The minimum absolute atomic E-state index is 0.0358. The molecule has 3 aromatic carbocycles. The maximum Gasteiger partial charge on any atom is 0.243 e. The molecule has 29 nitrogen and oxygen atoms in total. The van der Waals surface area contributed by atoms with Gasteiger partial charge in [-0.25, -0.2) is 0 Å². The van der Waals surface area contributed by atoms with Gasteiger partial charge in [-0.05, 0) is 99.1 Å². The van der Waals surface area contributed by atoms with Crippen LogP contribution < -0.4 is 83.1 Å². The summed E-state index contributed by atoms with van der Waals surface area (Å²) in [6.45, 7) is 2.79. The average molecular weight is 1300 g/mol. The number of aliphatic imine (C=N–C) groups is 3. The highest BCUT2D eigenvalue weighted by Gasteiger charge is 2.35. The first-order valence-corrected chi connectivity index (χ1v) is 32.2. The zero-order valence-electron chi connectivity index (χ0n) is 53.5. The second kappa shape index (κ2) is 38.0. The molecule has 0 aliphatic carbocycles. The van der Waals surface area contributed by atoms with Gasteiger partial charge in [-0.1, -0.05) is 87.2 Å². The van der Waals surface area contributed by atoms with Crippen molar-refractivity contribution in [1.82, 2.24) is 52.2 Å². The molecule has 6 aromatic rings. The van der Waals surface area contributed by atoms with Crippen LogP contribution in [0.25, 0.3) is 32.7 Å². The number of unbranched alkanes of at least 4 members (excludes halogenated alkanes) is 5. The number of amides is 8. The van der Waals surface area contributed by atoms with E-state index < -0.39 is 83.6 Å². The van der Waals surface area contributed by atoms with Crippen LogP contribution in [0.5, 0.6) is 0 Å². The van der Waals surface area contributed by atoms with Crippen molar-refractivity contribution in [2.45, 2.75) is 165 Å². The monoisotopic (exact) mass is 1300 g/mol. The number of aromatic nitrogens is 3. The molecule has 508 valence electrons. The molecule has 0 fully saturated rings. The van der Waals surface area contributed by atoms with Crippen LogP contribution in [0.2, 0.25) is 0 Å². The largest absolute Gasteiger partial charge is 0.370 e. The van der Waals surface area contributed by atoms with Crippen molar-refractivity contribution in [3.63, 3.8) is 0 Å². The van der Waals surface area contributed by atoms with Gasteiger partial charge in [0.25, 0.3) is 0 Å². The fourth-order valence-electron chi connectivity index (χ4n) is 11.0. The zero-order valence-corrected chi connectivity index (χ0v) is 53.5. The lowest BCUT2D eigenvalue weighted by molar-refractivity contribution is -0.135. The van der Waals surface area contributed by atoms with Crippen LogP contribution in [0, 0.1) is 0 Å². The number of primary amides is 1. The molecular weight excluding hydrogens is 1200 g/mol. The fourth-order valence-corrected chi connectivity index (χ4v) is 11.0. The number of H-pyrrole nitrogens is 3. The van der Waals surface area contributed by atoms with E-state index in [0.717, 1.165) is 64.8 Å². The Bertz CT molecular complexity index is 3560. The van der Waals surface area contributed by atoms with E-state index in [2.05, 4.69) is 74.1 Å². The molecule has 0 spiro atoms. The summed E-state index contributed by atoms with van der Waals surface area (Å²) in [4.78, 5) is 136. The molecule has 26 N–H and O–H groups in total. The number of hydrogen-bond acceptors (Lipinski definition) is 12. The van der Waals surface area contributed by atoms with Crippen molar-refractivity contribution in [1.29, 1.82) is 0 Å². The van der Waals surface area contributed by atoms with Crippen LogP contribution in [0.3, 0.4) is 0 Å². The number of hydrogen-bond donors (Lipinski definition) is 18. The van der Waals surface area contributed by atoms with Crippen molar-refractivity contribution in [3.8, 4) is 0 Å². The maximum atomic E-state index is 15.2. The quantitative estimate of drug-likeness (QED) is 0.0142. The Labute approximate surface area is 546 Å². The molecule has 7 atom stereocenters. The summed E-state index contributed by atoms with van der Waals surface area (Å²) in [5.74, 6) is -6.03. The van der Waals surface area contributed by atoms with Gasteiger partial charge in [0.2, 0.25) is 47.3 Å². The third-order valence-corrected chi connectivity index (χ3v) is 16.1. The number of guanidine groups is 3. The fraction of sp³-hybridized carbons (Fsp3) is 0.462. The van der Waals surface area contributed by atoms with Gasteiger partial charge in [0.15, 0.2) is 17.9 Å². The van der Waals surface area contributed by atoms with Crippen LogP contribution in [-0.4, -0.2) is 149 Å². The Morgan fingerprint density at radius 1 is 0.404 bits per heavy atom. The number of nitrogens with two attached hydrogens (primary N) is 8. The minimum Gasteiger partial charge on any atom is -0.370 e. The van der Waals surface area contributed by atoms with Crippen molar-refractivity contribution >= 4 is 97.8 Å². The smallest absolute Gasteiger partial charge is 0.243 e. The Kier molecular flexibility index (Phi) is 29.4. The molecule has 3 aromatic heterocycles. The van der Waals surface area contributed by atoms with E-state index in [1.165, 1.54) is 0 Å². The lowest BCUT2D eigenvalue weighted by Crippen LogP contribution is -2.60. The number of carbonyl (C=O) groups is 8. The number of carbonyl (C=O) groups excluding carboxylic acids is 8. The van der Waals surface area contributed by atoms with Crippen LogP contribution in [0.4, 0.5) is 0 Å². The highest BCUT2D eigenvalue weighted by Crippen LogP contribution is 2.23. The first kappa shape index (κ1) is 72.9. The number of fused-ring (bicyclic) bond motifs is 3. The predicted octanol–water partition coefficient (Wildman–Crippen LogP) is 0.688.